The van der Waals surface area contributed by atoms with Crippen molar-refractivity contribution in [1.29, 1.82) is 0 Å². The van der Waals surface area contributed by atoms with E-state index in [1.54, 1.807) is 4.90 Å². The van der Waals surface area contributed by atoms with Crippen molar-refractivity contribution in [3.05, 3.63) is 59.3 Å². The Hall–Kier alpha value is -3.85. The third-order valence-electron chi connectivity index (χ3n) is 5.47. The Morgan fingerprint density at radius 2 is 1.81 bits per heavy atom. The molecule has 0 fully saturated rings. The van der Waals surface area contributed by atoms with Crippen LogP contribution in [0.2, 0.25) is 0 Å². The van der Waals surface area contributed by atoms with E-state index in [9.17, 15) is 4.79 Å². The molecule has 7 N–H and O–H groups in total. The topological polar surface area (TPSA) is 163 Å². The molecule has 9 nitrogen and oxygen atoms in total. The number of nitrogen functional groups attached to an aromatic ring is 1. The Morgan fingerprint density at radius 3 is 2.44 bits per heavy atom. The fourth-order valence-electron chi connectivity index (χ4n) is 3.79. The molecule has 1 aromatic heterocycles. The largest absolute Gasteiger partial charge is 0.473 e. The van der Waals surface area contributed by atoms with Gasteiger partial charge in [-0.05, 0) is 67.1 Å². The number of H-pyrrole nitrogens is 1. The quantitative estimate of drug-likeness (QED) is 0.231. The Kier molecular flexibility index (Phi) is 7.11. The molecule has 9 heteroatoms. The number of hydrogen-bond acceptors (Lipinski definition) is 5. The molecule has 0 saturated heterocycles. The smallest absolute Gasteiger partial charge is 0.414 e. The maximum Gasteiger partial charge on any atom is 0.414 e. The van der Waals surface area contributed by atoms with Gasteiger partial charge >= 0.3 is 11.9 Å². The van der Waals surface area contributed by atoms with E-state index in [4.69, 9.17) is 31.3 Å². The maximum atomic E-state index is 11.7. The van der Waals surface area contributed by atoms with Crippen LogP contribution < -0.4 is 16.4 Å². The molecule has 0 bridgehead atoms. The van der Waals surface area contributed by atoms with E-state index in [-0.39, 0.29) is 6.04 Å². The number of fused-ring (bicyclic) bond motifs is 3. The van der Waals surface area contributed by atoms with Crippen LogP contribution in [0.3, 0.4) is 0 Å². The lowest BCUT2D eigenvalue weighted by atomic mass is 9.92. The highest BCUT2D eigenvalue weighted by atomic mass is 16.4. The summed E-state index contributed by atoms with van der Waals surface area (Å²) in [5.41, 5.74) is 18.4. The van der Waals surface area contributed by atoms with Crippen molar-refractivity contribution in [3.8, 4) is 0 Å². The summed E-state index contributed by atoms with van der Waals surface area (Å²) >= 11 is 0. The van der Waals surface area contributed by atoms with Crippen molar-refractivity contribution < 1.29 is 24.6 Å². The Bertz CT molecular complexity index is 1110. The molecule has 0 aliphatic heterocycles. The van der Waals surface area contributed by atoms with Gasteiger partial charge in [-0.15, -0.1) is 0 Å². The number of carbonyl (C=O) groups excluding carboxylic acids is 1. The summed E-state index contributed by atoms with van der Waals surface area (Å²) in [4.78, 5) is 35.1. The van der Waals surface area contributed by atoms with Gasteiger partial charge in [-0.1, -0.05) is 12.1 Å². The monoisotopic (exact) mass is 438 g/mol. The molecule has 1 unspecified atom stereocenters. The third-order valence-corrected chi connectivity index (χ3v) is 5.47. The zero-order valence-electron chi connectivity index (χ0n) is 17.5. The average Bonchev–Trinajstić information content (AvgIpc) is 3.13. The molecule has 1 aliphatic carbocycles. The van der Waals surface area contributed by atoms with Gasteiger partial charge in [0.05, 0.1) is 0 Å². The van der Waals surface area contributed by atoms with Gasteiger partial charge in [0, 0.05) is 40.6 Å². The lowest BCUT2D eigenvalue weighted by Crippen LogP contribution is -2.27. The summed E-state index contributed by atoms with van der Waals surface area (Å²) < 4.78 is 0. The molecular weight excluding hydrogens is 412 g/mol. The lowest BCUT2D eigenvalue weighted by Gasteiger charge is -2.19. The number of aliphatic carboxylic acids is 2. The first kappa shape index (κ1) is 22.8. The first-order valence-electron chi connectivity index (χ1n) is 10.2. The van der Waals surface area contributed by atoms with Crippen molar-refractivity contribution in [3.63, 3.8) is 0 Å². The number of nitrogens with one attached hydrogen (secondary N) is 1. The van der Waals surface area contributed by atoms with Gasteiger partial charge in [0.2, 0.25) is 6.41 Å². The standard InChI is InChI=1S/C21H24N4O.C2H2O4/c22-15-3-1-14(2-4-15)9-10-25(13-26)17-6-8-21-19(12-17)18-11-16(23)5-7-20(18)24-21;3-1(4)2(5)6/h1-4,6,8,12-13,16,24H,5,7,9-11,22-23H2;(H,3,4)(H,5,6). The van der Waals surface area contributed by atoms with Crippen molar-refractivity contribution >= 4 is 40.6 Å². The predicted octanol–water partition coefficient (Wildman–Crippen LogP) is 1.93. The number of rotatable bonds is 5. The maximum absolute atomic E-state index is 11.7. The summed E-state index contributed by atoms with van der Waals surface area (Å²) in [6.07, 6.45) is 4.60. The van der Waals surface area contributed by atoms with E-state index in [0.29, 0.717) is 6.54 Å². The van der Waals surface area contributed by atoms with E-state index in [1.807, 2.05) is 30.3 Å². The minimum Gasteiger partial charge on any atom is -0.473 e. The zero-order valence-corrected chi connectivity index (χ0v) is 17.5. The van der Waals surface area contributed by atoms with Gasteiger partial charge in [0.1, 0.15) is 0 Å². The lowest BCUT2D eigenvalue weighted by molar-refractivity contribution is -0.159. The van der Waals surface area contributed by atoms with Crippen LogP contribution in [0.1, 0.15) is 23.2 Å². The number of aromatic nitrogens is 1. The zero-order chi connectivity index (χ0) is 23.3. The van der Waals surface area contributed by atoms with E-state index in [0.717, 1.165) is 54.5 Å². The van der Waals surface area contributed by atoms with Crippen LogP contribution in [0.5, 0.6) is 0 Å². The second-order valence-corrected chi connectivity index (χ2v) is 7.72. The average molecular weight is 438 g/mol. The van der Waals surface area contributed by atoms with Crippen LogP contribution >= 0.6 is 0 Å². The van der Waals surface area contributed by atoms with Crippen LogP contribution in [0.25, 0.3) is 10.9 Å². The van der Waals surface area contributed by atoms with Crippen molar-refractivity contribution in [2.75, 3.05) is 17.2 Å². The number of amides is 1. The molecule has 1 aliphatic rings. The number of benzene rings is 2. The Balaban J connectivity index is 0.000000427. The first-order chi connectivity index (χ1) is 15.3. The van der Waals surface area contributed by atoms with Crippen LogP contribution in [0.4, 0.5) is 11.4 Å². The van der Waals surface area contributed by atoms with Gasteiger partial charge in [-0.2, -0.15) is 0 Å². The van der Waals surface area contributed by atoms with Crippen LogP contribution in [-0.4, -0.2) is 46.1 Å². The summed E-state index contributed by atoms with van der Waals surface area (Å²) in [7, 11) is 0. The Labute approximate surface area is 184 Å². The SMILES string of the molecule is Nc1ccc(CCN(C=O)c2ccc3[nH]c4c(c3c2)CC(N)CC4)cc1.O=C(O)C(=O)O. The number of aryl methyl sites for hydroxylation is 1. The van der Waals surface area contributed by atoms with Crippen molar-refractivity contribution in [1.82, 2.24) is 4.98 Å². The molecule has 0 spiro atoms. The molecule has 0 radical (unpaired) electrons. The highest BCUT2D eigenvalue weighted by Gasteiger charge is 2.20. The summed E-state index contributed by atoms with van der Waals surface area (Å²) in [5, 5.41) is 16.0. The van der Waals surface area contributed by atoms with Gasteiger partial charge in [-0.3, -0.25) is 4.79 Å². The molecule has 1 heterocycles. The normalized spacial score (nSPS) is 14.7. The third kappa shape index (κ3) is 5.44. The summed E-state index contributed by atoms with van der Waals surface area (Å²) in [5.74, 6) is -3.65. The van der Waals surface area contributed by atoms with Gasteiger partial charge in [0.25, 0.3) is 0 Å². The van der Waals surface area contributed by atoms with Crippen LogP contribution in [0, 0.1) is 0 Å². The molecule has 4 rings (SSSR count). The summed E-state index contributed by atoms with van der Waals surface area (Å²) in [6.45, 7) is 0.630. The number of carboxylic acids is 2. The van der Waals surface area contributed by atoms with Gasteiger partial charge < -0.3 is 31.6 Å². The number of carboxylic acid groups (broad SMARTS) is 2. The molecule has 168 valence electrons. The number of carbonyl (C=O) groups is 3. The number of aromatic amines is 1. The second kappa shape index (κ2) is 9.97. The minimum atomic E-state index is -1.82. The fraction of sp³-hybridized carbons (Fsp3) is 0.261. The Morgan fingerprint density at radius 1 is 1.12 bits per heavy atom. The van der Waals surface area contributed by atoms with Gasteiger partial charge in [0.15, 0.2) is 0 Å². The molecular formula is C23H26N4O5. The first-order valence-corrected chi connectivity index (χ1v) is 10.2. The summed E-state index contributed by atoms with van der Waals surface area (Å²) in [6, 6.07) is 14.2. The van der Waals surface area contributed by atoms with Crippen LogP contribution in [-0.2, 0) is 33.6 Å². The number of anilines is 2. The van der Waals surface area contributed by atoms with Crippen molar-refractivity contribution in [2.45, 2.75) is 31.7 Å². The van der Waals surface area contributed by atoms with Gasteiger partial charge in [-0.25, -0.2) is 9.59 Å². The van der Waals surface area contributed by atoms with E-state index >= 15 is 0 Å². The number of nitrogens with two attached hydrogens (primary N) is 2. The fourth-order valence-corrected chi connectivity index (χ4v) is 3.79. The molecule has 3 aromatic rings. The molecule has 1 atom stereocenters. The molecule has 2 aromatic carbocycles. The van der Waals surface area contributed by atoms with Crippen molar-refractivity contribution in [2.24, 2.45) is 5.73 Å². The molecule has 32 heavy (non-hydrogen) atoms. The van der Waals surface area contributed by atoms with Crippen LogP contribution in [0.15, 0.2) is 42.5 Å². The number of hydrogen-bond donors (Lipinski definition) is 5. The van der Waals surface area contributed by atoms with E-state index in [1.165, 1.54) is 16.6 Å². The minimum absolute atomic E-state index is 0.220. The second-order valence-electron chi connectivity index (χ2n) is 7.72. The predicted molar refractivity (Wildman–Crippen MR) is 122 cm³/mol. The van der Waals surface area contributed by atoms with E-state index in [2.05, 4.69) is 17.1 Å². The molecule has 0 saturated carbocycles. The highest BCUT2D eigenvalue weighted by molar-refractivity contribution is 6.27. The van der Waals surface area contributed by atoms with E-state index < -0.39 is 11.9 Å². The molecule has 1 amide bonds. The number of nitrogens with zero attached hydrogens (tertiary/aromatic N) is 1. The highest BCUT2D eigenvalue weighted by Crippen LogP contribution is 2.31.